The third-order valence-electron chi connectivity index (χ3n) is 3.88. The highest BCUT2D eigenvalue weighted by atomic mass is 16.3. The minimum absolute atomic E-state index is 0.143. The van der Waals surface area contributed by atoms with E-state index in [0.29, 0.717) is 6.04 Å². The van der Waals surface area contributed by atoms with E-state index in [2.05, 4.69) is 42.8 Å². The molecular weight excluding hydrogens is 226 g/mol. The van der Waals surface area contributed by atoms with Crippen LogP contribution in [0.1, 0.15) is 34.1 Å². The van der Waals surface area contributed by atoms with Crippen molar-refractivity contribution < 1.29 is 5.11 Å². The van der Waals surface area contributed by atoms with Gasteiger partial charge in [-0.15, -0.1) is 0 Å². The monoisotopic (exact) mass is 257 g/mol. The van der Waals surface area contributed by atoms with E-state index >= 15 is 0 Å². The molecule has 0 saturated carbocycles. The second kappa shape index (κ2) is 7.43. The summed E-state index contributed by atoms with van der Waals surface area (Å²) in [5, 5.41) is 13.0. The quantitative estimate of drug-likeness (QED) is 0.706. The maximum absolute atomic E-state index is 9.55. The largest absolute Gasteiger partial charge is 0.394 e. The van der Waals surface area contributed by atoms with Gasteiger partial charge in [-0.25, -0.2) is 0 Å². The zero-order valence-corrected chi connectivity index (χ0v) is 12.6. The van der Waals surface area contributed by atoms with Crippen LogP contribution >= 0.6 is 0 Å². The molecule has 1 heterocycles. The molecule has 4 nitrogen and oxygen atoms in total. The van der Waals surface area contributed by atoms with Crippen molar-refractivity contribution in [3.8, 4) is 0 Å². The molecule has 1 saturated heterocycles. The molecule has 0 aromatic rings. The first-order valence-corrected chi connectivity index (χ1v) is 7.32. The van der Waals surface area contributed by atoms with Crippen LogP contribution in [-0.4, -0.2) is 72.4 Å². The summed E-state index contributed by atoms with van der Waals surface area (Å²) in [5.41, 5.74) is -0.143. The fraction of sp³-hybridized carbons (Fsp3) is 1.00. The first-order chi connectivity index (χ1) is 8.49. The molecule has 0 bridgehead atoms. The van der Waals surface area contributed by atoms with Gasteiger partial charge >= 0.3 is 0 Å². The highest BCUT2D eigenvalue weighted by Gasteiger charge is 2.25. The van der Waals surface area contributed by atoms with Gasteiger partial charge in [0.25, 0.3) is 0 Å². The van der Waals surface area contributed by atoms with Crippen LogP contribution < -0.4 is 5.32 Å². The predicted molar refractivity (Wildman–Crippen MR) is 76.9 cm³/mol. The van der Waals surface area contributed by atoms with E-state index in [9.17, 15) is 5.11 Å². The van der Waals surface area contributed by atoms with E-state index < -0.39 is 0 Å². The van der Waals surface area contributed by atoms with Crippen molar-refractivity contribution in [2.45, 2.75) is 45.7 Å². The minimum Gasteiger partial charge on any atom is -0.394 e. The van der Waals surface area contributed by atoms with Crippen molar-refractivity contribution in [1.29, 1.82) is 0 Å². The SMILES string of the molecule is CCN1CCN(CCC(C)(CO)NC(C)C)CC1. The van der Waals surface area contributed by atoms with Crippen LogP contribution in [0.5, 0.6) is 0 Å². The molecule has 0 spiro atoms. The smallest absolute Gasteiger partial charge is 0.0611 e. The lowest BCUT2D eigenvalue weighted by molar-refractivity contribution is 0.105. The first kappa shape index (κ1) is 15.9. The van der Waals surface area contributed by atoms with Crippen LogP contribution in [0.15, 0.2) is 0 Å². The summed E-state index contributed by atoms with van der Waals surface area (Å²) < 4.78 is 0. The zero-order valence-electron chi connectivity index (χ0n) is 12.6. The van der Waals surface area contributed by atoms with Crippen molar-refractivity contribution in [3.05, 3.63) is 0 Å². The third kappa shape index (κ3) is 5.22. The number of piperazine rings is 1. The van der Waals surface area contributed by atoms with Crippen LogP contribution in [-0.2, 0) is 0 Å². The van der Waals surface area contributed by atoms with Crippen molar-refractivity contribution in [2.75, 3.05) is 45.9 Å². The first-order valence-electron chi connectivity index (χ1n) is 7.32. The summed E-state index contributed by atoms with van der Waals surface area (Å²) in [4.78, 5) is 5.01. The average molecular weight is 257 g/mol. The van der Waals surface area contributed by atoms with Crippen molar-refractivity contribution in [3.63, 3.8) is 0 Å². The second-order valence-electron chi connectivity index (χ2n) is 6.04. The molecule has 1 aliphatic heterocycles. The van der Waals surface area contributed by atoms with Gasteiger partial charge < -0.3 is 20.2 Å². The fourth-order valence-corrected chi connectivity index (χ4v) is 2.63. The molecule has 0 amide bonds. The van der Waals surface area contributed by atoms with Crippen LogP contribution in [0.25, 0.3) is 0 Å². The molecule has 0 aromatic carbocycles. The Morgan fingerprint density at radius 3 is 2.17 bits per heavy atom. The standard InChI is InChI=1S/C14H31N3O/c1-5-16-8-10-17(11-9-16)7-6-14(4,12-18)15-13(2)3/h13,15,18H,5-12H2,1-4H3. The van der Waals surface area contributed by atoms with Gasteiger partial charge in [-0.1, -0.05) is 20.8 Å². The molecule has 1 rings (SSSR count). The summed E-state index contributed by atoms with van der Waals surface area (Å²) in [6, 6.07) is 0.416. The van der Waals surface area contributed by atoms with E-state index in [1.807, 2.05) is 0 Å². The summed E-state index contributed by atoms with van der Waals surface area (Å²) >= 11 is 0. The van der Waals surface area contributed by atoms with Crippen molar-refractivity contribution >= 4 is 0 Å². The normalized spacial score (nSPS) is 22.3. The average Bonchev–Trinajstić information content (AvgIpc) is 2.36. The van der Waals surface area contributed by atoms with Gasteiger partial charge in [0.1, 0.15) is 0 Å². The third-order valence-corrected chi connectivity index (χ3v) is 3.88. The molecular formula is C14H31N3O. The number of aliphatic hydroxyl groups excluding tert-OH is 1. The van der Waals surface area contributed by atoms with Crippen LogP contribution in [0.4, 0.5) is 0 Å². The lowest BCUT2D eigenvalue weighted by Crippen LogP contribution is -2.52. The molecule has 108 valence electrons. The Hall–Kier alpha value is -0.160. The zero-order chi connectivity index (χ0) is 13.6. The van der Waals surface area contributed by atoms with Gasteiger partial charge in [-0.05, 0) is 19.9 Å². The summed E-state index contributed by atoms with van der Waals surface area (Å²) in [5.74, 6) is 0. The van der Waals surface area contributed by atoms with Crippen LogP contribution in [0.3, 0.4) is 0 Å². The van der Waals surface area contributed by atoms with Gasteiger partial charge in [-0.3, -0.25) is 0 Å². The molecule has 1 unspecified atom stereocenters. The summed E-state index contributed by atoms with van der Waals surface area (Å²) in [6.07, 6.45) is 1.01. The Morgan fingerprint density at radius 2 is 1.72 bits per heavy atom. The Morgan fingerprint density at radius 1 is 1.17 bits per heavy atom. The van der Waals surface area contributed by atoms with Gasteiger partial charge in [0.15, 0.2) is 0 Å². The minimum atomic E-state index is -0.143. The lowest BCUT2D eigenvalue weighted by atomic mass is 9.97. The van der Waals surface area contributed by atoms with Crippen LogP contribution in [0.2, 0.25) is 0 Å². The number of rotatable bonds is 7. The Balaban J connectivity index is 2.30. The van der Waals surface area contributed by atoms with Gasteiger partial charge in [0, 0.05) is 44.3 Å². The molecule has 4 heteroatoms. The van der Waals surface area contributed by atoms with E-state index in [-0.39, 0.29) is 12.1 Å². The topological polar surface area (TPSA) is 38.7 Å². The number of hydrogen-bond donors (Lipinski definition) is 2. The van der Waals surface area contributed by atoms with E-state index in [1.165, 1.54) is 13.1 Å². The Kier molecular flexibility index (Phi) is 6.57. The van der Waals surface area contributed by atoms with E-state index in [4.69, 9.17) is 0 Å². The van der Waals surface area contributed by atoms with Crippen LogP contribution in [0, 0.1) is 0 Å². The van der Waals surface area contributed by atoms with Gasteiger partial charge in [0.05, 0.1) is 6.61 Å². The molecule has 0 aliphatic carbocycles. The molecule has 1 aliphatic rings. The Bertz CT molecular complexity index is 227. The number of nitrogens with one attached hydrogen (secondary N) is 1. The molecule has 1 atom stereocenters. The molecule has 2 N–H and O–H groups in total. The number of likely N-dealkylation sites (N-methyl/N-ethyl adjacent to an activating group) is 1. The second-order valence-corrected chi connectivity index (χ2v) is 6.04. The highest BCUT2D eigenvalue weighted by Crippen LogP contribution is 2.12. The maximum atomic E-state index is 9.55. The molecule has 1 fully saturated rings. The van der Waals surface area contributed by atoms with Crippen molar-refractivity contribution in [1.82, 2.24) is 15.1 Å². The summed E-state index contributed by atoms with van der Waals surface area (Å²) in [7, 11) is 0. The summed E-state index contributed by atoms with van der Waals surface area (Å²) in [6.45, 7) is 15.8. The van der Waals surface area contributed by atoms with Crippen molar-refractivity contribution in [2.24, 2.45) is 0 Å². The maximum Gasteiger partial charge on any atom is 0.0611 e. The predicted octanol–water partition coefficient (Wildman–Crippen LogP) is 0.763. The number of aliphatic hydroxyl groups is 1. The fourth-order valence-electron chi connectivity index (χ4n) is 2.63. The number of nitrogens with zero attached hydrogens (tertiary/aromatic N) is 2. The van der Waals surface area contributed by atoms with Gasteiger partial charge in [-0.2, -0.15) is 0 Å². The number of hydrogen-bond acceptors (Lipinski definition) is 4. The molecule has 0 aromatic heterocycles. The van der Waals surface area contributed by atoms with E-state index in [1.54, 1.807) is 0 Å². The lowest BCUT2D eigenvalue weighted by Gasteiger charge is -2.37. The molecule has 18 heavy (non-hydrogen) atoms. The van der Waals surface area contributed by atoms with E-state index in [0.717, 1.165) is 32.6 Å². The van der Waals surface area contributed by atoms with Gasteiger partial charge in [0.2, 0.25) is 0 Å². The highest BCUT2D eigenvalue weighted by molar-refractivity contribution is 4.85. The molecule has 0 radical (unpaired) electrons. The Labute approximate surface area is 112 Å².